The molecule has 0 saturated heterocycles. The van der Waals surface area contributed by atoms with Crippen LogP contribution < -0.4 is 10.1 Å². The molecule has 1 atom stereocenters. The number of nitro benzene ring substituents is 1. The summed E-state index contributed by atoms with van der Waals surface area (Å²) in [5.41, 5.74) is 0.0660. The molecule has 5 heteroatoms. The van der Waals surface area contributed by atoms with Crippen LogP contribution in [0.5, 0.6) is 5.75 Å². The minimum absolute atomic E-state index is 0.0660. The fourth-order valence-electron chi connectivity index (χ4n) is 1.64. The molecule has 1 aromatic carbocycles. The number of hydrogen-bond donors (Lipinski definition) is 1. The summed E-state index contributed by atoms with van der Waals surface area (Å²) < 4.78 is 5.57. The lowest BCUT2D eigenvalue weighted by molar-refractivity contribution is -0.384. The number of hydrogen-bond acceptors (Lipinski definition) is 4. The number of rotatable bonds is 7. The molecule has 1 aromatic rings. The molecule has 1 saturated carbocycles. The van der Waals surface area contributed by atoms with Crippen LogP contribution in [0.2, 0.25) is 0 Å². The lowest BCUT2D eigenvalue weighted by Crippen LogP contribution is -2.26. The molecule has 0 spiro atoms. The highest BCUT2D eigenvalue weighted by Crippen LogP contribution is 2.20. The average molecular weight is 250 g/mol. The predicted octanol–water partition coefficient (Wildman–Crippen LogP) is 2.36. The minimum atomic E-state index is -0.412. The van der Waals surface area contributed by atoms with Crippen molar-refractivity contribution in [3.63, 3.8) is 0 Å². The molecule has 98 valence electrons. The molecular weight excluding hydrogens is 232 g/mol. The third-order valence-electron chi connectivity index (χ3n) is 2.90. The predicted molar refractivity (Wildman–Crippen MR) is 68.8 cm³/mol. The van der Waals surface area contributed by atoms with Crippen LogP contribution in [0.3, 0.4) is 0 Å². The highest BCUT2D eigenvalue weighted by molar-refractivity contribution is 5.37. The van der Waals surface area contributed by atoms with E-state index in [2.05, 4.69) is 12.2 Å². The van der Waals surface area contributed by atoms with Crippen molar-refractivity contribution in [1.82, 2.24) is 5.32 Å². The third kappa shape index (κ3) is 4.00. The third-order valence-corrected chi connectivity index (χ3v) is 2.90. The summed E-state index contributed by atoms with van der Waals surface area (Å²) in [4.78, 5) is 10.2. The van der Waals surface area contributed by atoms with Gasteiger partial charge in [-0.05, 0) is 18.9 Å². The van der Waals surface area contributed by atoms with Crippen molar-refractivity contribution < 1.29 is 9.66 Å². The van der Waals surface area contributed by atoms with Crippen molar-refractivity contribution >= 4 is 5.69 Å². The van der Waals surface area contributed by atoms with Gasteiger partial charge in [-0.25, -0.2) is 0 Å². The van der Waals surface area contributed by atoms with Crippen LogP contribution >= 0.6 is 0 Å². The first-order valence-electron chi connectivity index (χ1n) is 6.26. The van der Waals surface area contributed by atoms with Crippen molar-refractivity contribution in [2.45, 2.75) is 25.8 Å². The maximum absolute atomic E-state index is 10.6. The Morgan fingerprint density at radius 1 is 1.56 bits per heavy atom. The van der Waals surface area contributed by atoms with Crippen LogP contribution in [-0.2, 0) is 0 Å². The van der Waals surface area contributed by atoms with E-state index < -0.39 is 4.92 Å². The van der Waals surface area contributed by atoms with Crippen molar-refractivity contribution in [1.29, 1.82) is 0 Å². The van der Waals surface area contributed by atoms with Gasteiger partial charge in [0.05, 0.1) is 17.6 Å². The van der Waals surface area contributed by atoms with E-state index in [4.69, 9.17) is 4.74 Å². The van der Waals surface area contributed by atoms with Crippen molar-refractivity contribution in [3.8, 4) is 5.75 Å². The highest BCUT2D eigenvalue weighted by Gasteiger charge is 2.20. The molecule has 5 nitrogen and oxygen atoms in total. The molecule has 0 aromatic heterocycles. The normalized spacial score (nSPS) is 16.3. The number of ether oxygens (including phenoxy) is 1. The molecule has 0 radical (unpaired) electrons. The van der Waals surface area contributed by atoms with Gasteiger partial charge in [-0.3, -0.25) is 10.1 Å². The number of benzene rings is 1. The summed E-state index contributed by atoms with van der Waals surface area (Å²) >= 11 is 0. The van der Waals surface area contributed by atoms with Gasteiger partial charge in [-0.15, -0.1) is 0 Å². The summed E-state index contributed by atoms with van der Waals surface area (Å²) in [6, 6.07) is 7.01. The molecule has 0 aliphatic heterocycles. The van der Waals surface area contributed by atoms with Gasteiger partial charge in [0.1, 0.15) is 5.75 Å². The van der Waals surface area contributed by atoms with E-state index in [1.165, 1.54) is 25.0 Å². The quantitative estimate of drug-likeness (QED) is 0.596. The Morgan fingerprint density at radius 3 is 3.00 bits per heavy atom. The summed E-state index contributed by atoms with van der Waals surface area (Å²) in [6.07, 6.45) is 2.55. The lowest BCUT2D eigenvalue weighted by Gasteiger charge is -2.13. The molecule has 1 N–H and O–H groups in total. The first kappa shape index (κ1) is 12.8. The van der Waals surface area contributed by atoms with E-state index >= 15 is 0 Å². The Morgan fingerprint density at radius 2 is 2.33 bits per heavy atom. The molecule has 2 rings (SSSR count). The first-order chi connectivity index (χ1) is 8.65. The zero-order valence-electron chi connectivity index (χ0n) is 10.5. The van der Waals surface area contributed by atoms with E-state index in [0.29, 0.717) is 24.3 Å². The first-order valence-corrected chi connectivity index (χ1v) is 6.26. The fourth-order valence-corrected chi connectivity index (χ4v) is 1.64. The summed E-state index contributed by atoms with van der Waals surface area (Å²) in [7, 11) is 0. The van der Waals surface area contributed by atoms with Crippen LogP contribution in [-0.4, -0.2) is 24.1 Å². The highest BCUT2D eigenvalue weighted by atomic mass is 16.6. The second-order valence-corrected chi connectivity index (χ2v) is 4.85. The fraction of sp³-hybridized carbons (Fsp3) is 0.538. The molecule has 1 unspecified atom stereocenters. The van der Waals surface area contributed by atoms with Gasteiger partial charge in [-0.2, -0.15) is 0 Å². The van der Waals surface area contributed by atoms with Gasteiger partial charge >= 0.3 is 0 Å². The van der Waals surface area contributed by atoms with E-state index in [0.717, 1.165) is 6.54 Å². The number of nitrogens with one attached hydrogen (secondary N) is 1. The topological polar surface area (TPSA) is 64.4 Å². The van der Waals surface area contributed by atoms with Gasteiger partial charge in [0.2, 0.25) is 0 Å². The Hall–Kier alpha value is -1.62. The Labute approximate surface area is 106 Å². The van der Waals surface area contributed by atoms with Crippen LogP contribution in [0.1, 0.15) is 19.8 Å². The van der Waals surface area contributed by atoms with Gasteiger partial charge < -0.3 is 10.1 Å². The van der Waals surface area contributed by atoms with E-state index in [1.807, 2.05) is 0 Å². The summed E-state index contributed by atoms with van der Waals surface area (Å²) in [5.74, 6) is 0.951. The van der Waals surface area contributed by atoms with Crippen molar-refractivity contribution in [3.05, 3.63) is 34.4 Å². The monoisotopic (exact) mass is 250 g/mol. The van der Waals surface area contributed by atoms with Crippen LogP contribution in [0.4, 0.5) is 5.69 Å². The van der Waals surface area contributed by atoms with Crippen molar-refractivity contribution in [2.24, 2.45) is 5.92 Å². The molecule has 0 bridgehead atoms. The van der Waals surface area contributed by atoms with Crippen LogP contribution in [0.25, 0.3) is 0 Å². The molecule has 0 heterocycles. The van der Waals surface area contributed by atoms with Gasteiger partial charge in [0.25, 0.3) is 5.69 Å². The SMILES string of the molecule is CC(CNC1CC1)COc1cccc([N+](=O)[O-])c1. The van der Waals surface area contributed by atoms with Gasteiger partial charge in [0.15, 0.2) is 0 Å². The Kier molecular flexibility index (Phi) is 4.15. The molecule has 18 heavy (non-hydrogen) atoms. The second-order valence-electron chi connectivity index (χ2n) is 4.85. The van der Waals surface area contributed by atoms with Crippen LogP contribution in [0.15, 0.2) is 24.3 Å². The van der Waals surface area contributed by atoms with E-state index in [-0.39, 0.29) is 5.69 Å². The summed E-state index contributed by atoms with van der Waals surface area (Å²) in [5, 5.41) is 14.0. The maximum atomic E-state index is 10.6. The summed E-state index contributed by atoms with van der Waals surface area (Å²) in [6.45, 7) is 3.60. The van der Waals surface area contributed by atoms with Crippen LogP contribution in [0, 0.1) is 16.0 Å². The molecule has 0 amide bonds. The maximum Gasteiger partial charge on any atom is 0.273 e. The lowest BCUT2D eigenvalue weighted by atomic mass is 10.2. The number of non-ortho nitro benzene ring substituents is 1. The van der Waals surface area contributed by atoms with Gasteiger partial charge in [-0.1, -0.05) is 13.0 Å². The molecule has 1 aliphatic rings. The zero-order chi connectivity index (χ0) is 13.0. The molecular formula is C13H18N2O3. The number of nitrogens with zero attached hydrogens (tertiary/aromatic N) is 1. The zero-order valence-corrected chi connectivity index (χ0v) is 10.5. The Bertz CT molecular complexity index is 418. The molecule has 1 aliphatic carbocycles. The smallest absolute Gasteiger partial charge is 0.273 e. The largest absolute Gasteiger partial charge is 0.493 e. The second kappa shape index (κ2) is 5.82. The Balaban J connectivity index is 1.77. The number of nitro groups is 1. The molecule has 1 fully saturated rings. The van der Waals surface area contributed by atoms with Crippen molar-refractivity contribution in [2.75, 3.05) is 13.2 Å². The van der Waals surface area contributed by atoms with Gasteiger partial charge in [0, 0.05) is 24.6 Å². The standard InChI is InChI=1S/C13H18N2O3/c1-10(8-14-11-5-6-11)9-18-13-4-2-3-12(7-13)15(16)17/h2-4,7,10-11,14H,5-6,8-9H2,1H3. The van der Waals surface area contributed by atoms with E-state index in [9.17, 15) is 10.1 Å². The average Bonchev–Trinajstić information content (AvgIpc) is 3.18. The minimum Gasteiger partial charge on any atom is -0.493 e. The van der Waals surface area contributed by atoms with E-state index in [1.54, 1.807) is 12.1 Å².